The maximum absolute atomic E-state index is 13.3. The number of unbranched alkanes of at least 4 members (excludes halogenated alkanes) is 3. The van der Waals surface area contributed by atoms with Crippen LogP contribution in [-0.2, 0) is 0 Å². The first-order chi connectivity index (χ1) is 17.4. The second kappa shape index (κ2) is 14.1. The molecule has 1 aromatic heterocycles. The second-order valence-corrected chi connectivity index (χ2v) is 9.75. The molecule has 0 atom stereocenters. The predicted molar refractivity (Wildman–Crippen MR) is 151 cm³/mol. The third-order valence-corrected chi connectivity index (χ3v) is 6.55. The van der Waals surface area contributed by atoms with Gasteiger partial charge in [0.25, 0.3) is 11.8 Å². The third kappa shape index (κ3) is 8.13. The molecule has 0 fully saturated rings. The molecular formula is C26H29Cl2N5O2S. The molecule has 5 N–H and O–H groups in total. The Kier molecular flexibility index (Phi) is 10.9. The number of carbonyl (C=O) groups excluding carboxylic acids is 2. The van der Waals surface area contributed by atoms with E-state index < -0.39 is 5.91 Å². The van der Waals surface area contributed by atoms with Gasteiger partial charge in [0.05, 0.1) is 21.8 Å². The van der Waals surface area contributed by atoms with Gasteiger partial charge in [0.1, 0.15) is 5.82 Å². The van der Waals surface area contributed by atoms with Crippen molar-refractivity contribution in [3.63, 3.8) is 0 Å². The number of hydrogen-bond donors (Lipinski definition) is 4. The molecule has 0 unspecified atom stereocenters. The van der Waals surface area contributed by atoms with E-state index >= 15 is 0 Å². The molecule has 0 bridgehead atoms. The van der Waals surface area contributed by atoms with Crippen molar-refractivity contribution in [2.24, 2.45) is 5.73 Å². The fourth-order valence-electron chi connectivity index (χ4n) is 3.48. The zero-order chi connectivity index (χ0) is 25.9. The van der Waals surface area contributed by atoms with Gasteiger partial charge in [-0.25, -0.2) is 4.98 Å². The second-order valence-electron chi connectivity index (χ2n) is 8.00. The molecule has 0 saturated carbocycles. The zero-order valence-electron chi connectivity index (χ0n) is 19.9. The van der Waals surface area contributed by atoms with E-state index in [9.17, 15) is 9.59 Å². The number of amides is 2. The number of hydrogen-bond acceptors (Lipinski definition) is 6. The van der Waals surface area contributed by atoms with E-state index in [1.54, 1.807) is 42.1 Å². The molecule has 0 saturated heterocycles. The van der Waals surface area contributed by atoms with Crippen LogP contribution in [-0.4, -0.2) is 36.1 Å². The van der Waals surface area contributed by atoms with Gasteiger partial charge in [-0.3, -0.25) is 9.59 Å². The number of nitrogens with zero attached hydrogens (tertiary/aromatic N) is 1. The number of rotatable bonds is 12. The van der Waals surface area contributed by atoms with Gasteiger partial charge in [-0.2, -0.15) is 0 Å². The Morgan fingerprint density at radius 2 is 1.61 bits per heavy atom. The highest BCUT2D eigenvalue weighted by atomic mass is 35.5. The van der Waals surface area contributed by atoms with E-state index in [2.05, 4.69) is 20.9 Å². The van der Waals surface area contributed by atoms with E-state index in [-0.39, 0.29) is 11.5 Å². The summed E-state index contributed by atoms with van der Waals surface area (Å²) in [4.78, 5) is 31.4. The summed E-state index contributed by atoms with van der Waals surface area (Å²) in [6.07, 6.45) is 7.57. The van der Waals surface area contributed by atoms with Gasteiger partial charge in [-0.15, -0.1) is 11.8 Å². The molecule has 3 rings (SSSR count). The van der Waals surface area contributed by atoms with Gasteiger partial charge in [0.15, 0.2) is 0 Å². The maximum Gasteiger partial charge on any atom is 0.258 e. The summed E-state index contributed by atoms with van der Waals surface area (Å²) in [5.41, 5.74) is 7.32. The van der Waals surface area contributed by atoms with Gasteiger partial charge in [0, 0.05) is 28.3 Å². The Morgan fingerprint density at radius 1 is 0.861 bits per heavy atom. The summed E-state index contributed by atoms with van der Waals surface area (Å²) in [6.45, 7) is 1.44. The van der Waals surface area contributed by atoms with Crippen molar-refractivity contribution in [2.45, 2.75) is 30.6 Å². The summed E-state index contributed by atoms with van der Waals surface area (Å²) in [5.74, 6) is -0.474. The van der Waals surface area contributed by atoms with Crippen LogP contribution in [0.5, 0.6) is 0 Å². The third-order valence-electron chi connectivity index (χ3n) is 5.36. The Hall–Kier alpha value is -2.78. The van der Waals surface area contributed by atoms with E-state index in [1.165, 1.54) is 12.3 Å². The number of pyridine rings is 1. The molecule has 3 aromatic rings. The zero-order valence-corrected chi connectivity index (χ0v) is 22.3. The SMILES string of the molecule is CSc1ccc(C(=O)Nc2ccc(Cl)cc2C(=O)Nc2ccc(Cl)cn2)c(NCCCCCCN)c1. The standard InChI is InChI=1S/C26H29Cl2N5O2S/c1-36-19-8-9-20(23(15-19)30-13-5-3-2-4-12-29)25(34)32-22-10-6-17(27)14-21(22)26(35)33-24-11-7-18(28)16-31-24/h6-11,14-16,30H,2-5,12-13,29H2,1H3,(H,32,34)(H,31,33,35). The van der Waals surface area contributed by atoms with Crippen molar-refractivity contribution in [3.8, 4) is 0 Å². The molecule has 7 nitrogen and oxygen atoms in total. The van der Waals surface area contributed by atoms with Crippen LogP contribution < -0.4 is 21.7 Å². The Bertz CT molecular complexity index is 1190. The molecule has 10 heteroatoms. The molecule has 0 spiro atoms. The predicted octanol–water partition coefficient (Wildman–Crippen LogP) is 6.55. The van der Waals surface area contributed by atoms with Crippen molar-refractivity contribution >= 4 is 64.0 Å². The van der Waals surface area contributed by atoms with Crippen LogP contribution in [0, 0.1) is 0 Å². The first-order valence-corrected chi connectivity index (χ1v) is 13.5. The number of aromatic nitrogens is 1. The molecule has 1 heterocycles. The minimum atomic E-state index is -0.462. The smallest absolute Gasteiger partial charge is 0.258 e. The lowest BCUT2D eigenvalue weighted by molar-refractivity contribution is 0.102. The van der Waals surface area contributed by atoms with Crippen molar-refractivity contribution in [2.75, 3.05) is 35.3 Å². The average molecular weight is 547 g/mol. The highest BCUT2D eigenvalue weighted by Crippen LogP contribution is 2.27. The lowest BCUT2D eigenvalue weighted by atomic mass is 10.1. The Balaban J connectivity index is 1.77. The largest absolute Gasteiger partial charge is 0.384 e. The van der Waals surface area contributed by atoms with Gasteiger partial charge in [0.2, 0.25) is 0 Å². The minimum absolute atomic E-state index is 0.211. The minimum Gasteiger partial charge on any atom is -0.384 e. The van der Waals surface area contributed by atoms with E-state index in [0.29, 0.717) is 33.7 Å². The van der Waals surface area contributed by atoms with Crippen molar-refractivity contribution in [1.82, 2.24) is 4.98 Å². The maximum atomic E-state index is 13.3. The van der Waals surface area contributed by atoms with E-state index in [0.717, 1.165) is 42.8 Å². The molecule has 0 radical (unpaired) electrons. The van der Waals surface area contributed by atoms with Gasteiger partial charge in [-0.1, -0.05) is 36.0 Å². The molecule has 36 heavy (non-hydrogen) atoms. The topological polar surface area (TPSA) is 109 Å². The molecular weight excluding hydrogens is 517 g/mol. The molecule has 2 aromatic carbocycles. The fraction of sp³-hybridized carbons (Fsp3) is 0.269. The molecule has 190 valence electrons. The van der Waals surface area contributed by atoms with Crippen molar-refractivity contribution in [1.29, 1.82) is 0 Å². The first kappa shape index (κ1) is 27.8. The number of benzene rings is 2. The number of nitrogens with two attached hydrogens (primary N) is 1. The van der Waals surface area contributed by atoms with Crippen LogP contribution in [0.2, 0.25) is 10.0 Å². The van der Waals surface area contributed by atoms with Gasteiger partial charge >= 0.3 is 0 Å². The van der Waals surface area contributed by atoms with Crippen LogP contribution in [0.25, 0.3) is 0 Å². The Labute approximate surface area is 225 Å². The molecule has 0 aliphatic heterocycles. The summed E-state index contributed by atoms with van der Waals surface area (Å²) >= 11 is 13.6. The summed E-state index contributed by atoms with van der Waals surface area (Å²) in [6, 6.07) is 13.6. The lowest BCUT2D eigenvalue weighted by Crippen LogP contribution is -2.20. The van der Waals surface area contributed by atoms with Crippen LogP contribution in [0.15, 0.2) is 59.6 Å². The van der Waals surface area contributed by atoms with E-state index in [4.69, 9.17) is 28.9 Å². The molecule has 0 aliphatic rings. The van der Waals surface area contributed by atoms with Crippen LogP contribution in [0.3, 0.4) is 0 Å². The summed E-state index contributed by atoms with van der Waals surface area (Å²) in [5, 5.41) is 9.77. The van der Waals surface area contributed by atoms with Crippen LogP contribution >= 0.6 is 35.0 Å². The Morgan fingerprint density at radius 3 is 2.33 bits per heavy atom. The number of halogens is 2. The number of thioether (sulfide) groups is 1. The molecule has 2 amide bonds. The van der Waals surface area contributed by atoms with Crippen molar-refractivity contribution < 1.29 is 9.59 Å². The average Bonchev–Trinajstić information content (AvgIpc) is 2.88. The van der Waals surface area contributed by atoms with E-state index in [1.807, 2.05) is 18.4 Å². The van der Waals surface area contributed by atoms with Crippen LogP contribution in [0.1, 0.15) is 46.4 Å². The summed E-state index contributed by atoms with van der Waals surface area (Å²) < 4.78 is 0. The number of anilines is 3. The lowest BCUT2D eigenvalue weighted by Gasteiger charge is -2.15. The monoisotopic (exact) mass is 545 g/mol. The molecule has 0 aliphatic carbocycles. The highest BCUT2D eigenvalue weighted by molar-refractivity contribution is 7.98. The van der Waals surface area contributed by atoms with Gasteiger partial charge in [-0.05, 0) is 74.2 Å². The highest BCUT2D eigenvalue weighted by Gasteiger charge is 2.18. The number of carbonyl (C=O) groups is 2. The fourth-order valence-corrected chi connectivity index (χ4v) is 4.20. The van der Waals surface area contributed by atoms with Crippen molar-refractivity contribution in [3.05, 3.63) is 75.9 Å². The summed E-state index contributed by atoms with van der Waals surface area (Å²) in [7, 11) is 0. The van der Waals surface area contributed by atoms with Gasteiger partial charge < -0.3 is 21.7 Å². The van der Waals surface area contributed by atoms with Crippen LogP contribution in [0.4, 0.5) is 17.2 Å². The quantitative estimate of drug-likeness (QED) is 0.152. The number of nitrogens with one attached hydrogen (secondary N) is 3. The normalized spacial score (nSPS) is 10.7. The first-order valence-electron chi connectivity index (χ1n) is 11.6.